The number of aryl methyl sites for hydroxylation is 1. The SMILES string of the molecule is Cc1ccnc(N)c1C(=O)C1NCCc2ccccc21. The standard InChI is InChI=1S/C16H17N3O/c1-10-6-8-19-16(17)13(10)15(20)14-12-5-3-2-4-11(12)7-9-18-14/h2-6,8,14,18H,7,9H2,1H3,(H2,17,19). The first-order valence-electron chi connectivity index (χ1n) is 6.75. The molecule has 3 rings (SSSR count). The van der Waals surface area contributed by atoms with E-state index >= 15 is 0 Å². The number of aromatic nitrogens is 1. The Morgan fingerprint density at radius 3 is 2.95 bits per heavy atom. The molecule has 0 bridgehead atoms. The summed E-state index contributed by atoms with van der Waals surface area (Å²) in [5, 5.41) is 3.30. The Morgan fingerprint density at radius 2 is 2.15 bits per heavy atom. The van der Waals surface area contributed by atoms with Gasteiger partial charge in [-0.1, -0.05) is 24.3 Å². The van der Waals surface area contributed by atoms with Crippen molar-refractivity contribution < 1.29 is 4.79 Å². The number of fused-ring (bicyclic) bond motifs is 1. The topological polar surface area (TPSA) is 68.0 Å². The van der Waals surface area contributed by atoms with Gasteiger partial charge in [-0.2, -0.15) is 0 Å². The molecule has 0 spiro atoms. The summed E-state index contributed by atoms with van der Waals surface area (Å²) in [6.07, 6.45) is 2.57. The summed E-state index contributed by atoms with van der Waals surface area (Å²) < 4.78 is 0. The van der Waals surface area contributed by atoms with Gasteiger partial charge in [-0.3, -0.25) is 4.79 Å². The molecular weight excluding hydrogens is 250 g/mol. The van der Waals surface area contributed by atoms with E-state index in [0.717, 1.165) is 24.1 Å². The molecule has 0 fully saturated rings. The number of nitrogen functional groups attached to an aromatic ring is 1. The Balaban J connectivity index is 2.05. The smallest absolute Gasteiger partial charge is 0.188 e. The number of hydrogen-bond donors (Lipinski definition) is 2. The predicted molar refractivity (Wildman–Crippen MR) is 78.6 cm³/mol. The van der Waals surface area contributed by atoms with Crippen LogP contribution in [0.25, 0.3) is 0 Å². The Bertz CT molecular complexity index is 646. The number of hydrogen-bond acceptors (Lipinski definition) is 4. The summed E-state index contributed by atoms with van der Waals surface area (Å²) in [5.41, 5.74) is 9.56. The van der Waals surface area contributed by atoms with E-state index < -0.39 is 0 Å². The number of anilines is 1. The van der Waals surface area contributed by atoms with Crippen LogP contribution in [0.2, 0.25) is 0 Å². The molecule has 2 aromatic rings. The third-order valence-corrected chi connectivity index (χ3v) is 3.81. The van der Waals surface area contributed by atoms with Crippen LogP contribution in [-0.4, -0.2) is 17.3 Å². The molecule has 1 aromatic carbocycles. The molecule has 1 aromatic heterocycles. The van der Waals surface area contributed by atoms with Gasteiger partial charge in [-0.25, -0.2) is 4.98 Å². The Labute approximate surface area is 118 Å². The van der Waals surface area contributed by atoms with E-state index in [9.17, 15) is 4.79 Å². The number of ketones is 1. The largest absolute Gasteiger partial charge is 0.383 e. The Hall–Kier alpha value is -2.20. The molecular formula is C16H17N3O. The first-order chi connectivity index (χ1) is 9.68. The molecule has 0 radical (unpaired) electrons. The third kappa shape index (κ3) is 2.08. The summed E-state index contributed by atoms with van der Waals surface area (Å²) >= 11 is 0. The van der Waals surface area contributed by atoms with Crippen molar-refractivity contribution >= 4 is 11.6 Å². The van der Waals surface area contributed by atoms with Crippen LogP contribution in [0.4, 0.5) is 5.82 Å². The van der Waals surface area contributed by atoms with Gasteiger partial charge in [-0.05, 0) is 36.1 Å². The molecule has 4 nitrogen and oxygen atoms in total. The second-order valence-corrected chi connectivity index (χ2v) is 5.09. The first kappa shape index (κ1) is 12.8. The van der Waals surface area contributed by atoms with Crippen molar-refractivity contribution in [3.63, 3.8) is 0 Å². The van der Waals surface area contributed by atoms with Crippen LogP contribution in [0.1, 0.15) is 33.1 Å². The van der Waals surface area contributed by atoms with Crippen LogP contribution in [0, 0.1) is 6.92 Å². The zero-order valence-corrected chi connectivity index (χ0v) is 11.4. The third-order valence-electron chi connectivity index (χ3n) is 3.81. The summed E-state index contributed by atoms with van der Waals surface area (Å²) in [5.74, 6) is 0.306. The number of Topliss-reactive ketones (excluding diaryl/α,β-unsaturated/α-hetero) is 1. The Kier molecular flexibility index (Phi) is 3.24. The zero-order valence-electron chi connectivity index (χ0n) is 11.4. The van der Waals surface area contributed by atoms with E-state index in [1.165, 1.54) is 5.56 Å². The van der Waals surface area contributed by atoms with E-state index in [0.29, 0.717) is 11.4 Å². The number of carbonyl (C=O) groups excluding carboxylic acids is 1. The van der Waals surface area contributed by atoms with Crippen molar-refractivity contribution in [3.8, 4) is 0 Å². The molecule has 0 saturated heterocycles. The Morgan fingerprint density at radius 1 is 1.35 bits per heavy atom. The second-order valence-electron chi connectivity index (χ2n) is 5.09. The summed E-state index contributed by atoms with van der Waals surface area (Å²) in [4.78, 5) is 16.9. The van der Waals surface area contributed by atoms with Crippen LogP contribution < -0.4 is 11.1 Å². The van der Waals surface area contributed by atoms with Gasteiger partial charge in [0.1, 0.15) is 5.82 Å². The lowest BCUT2D eigenvalue weighted by molar-refractivity contribution is 0.0939. The van der Waals surface area contributed by atoms with Crippen molar-refractivity contribution in [2.24, 2.45) is 0 Å². The van der Waals surface area contributed by atoms with Gasteiger partial charge in [0.2, 0.25) is 0 Å². The van der Waals surface area contributed by atoms with Gasteiger partial charge in [0.15, 0.2) is 5.78 Å². The monoisotopic (exact) mass is 267 g/mol. The fourth-order valence-electron chi connectivity index (χ4n) is 2.78. The highest BCUT2D eigenvalue weighted by Gasteiger charge is 2.28. The molecule has 3 N–H and O–H groups in total. The minimum Gasteiger partial charge on any atom is -0.383 e. The number of nitrogens with two attached hydrogens (primary N) is 1. The molecule has 4 heteroatoms. The molecule has 102 valence electrons. The molecule has 1 aliphatic heterocycles. The van der Waals surface area contributed by atoms with Crippen molar-refractivity contribution in [3.05, 3.63) is 58.8 Å². The molecule has 20 heavy (non-hydrogen) atoms. The molecule has 0 aliphatic carbocycles. The quantitative estimate of drug-likeness (QED) is 0.817. The molecule has 1 aliphatic rings. The minimum absolute atomic E-state index is 0.000231. The lowest BCUT2D eigenvalue weighted by Gasteiger charge is -2.26. The van der Waals surface area contributed by atoms with Crippen molar-refractivity contribution in [2.45, 2.75) is 19.4 Å². The predicted octanol–water partition coefficient (Wildman–Crippen LogP) is 2.04. The lowest BCUT2D eigenvalue weighted by atomic mass is 9.88. The van der Waals surface area contributed by atoms with E-state index in [4.69, 9.17) is 5.73 Å². The number of carbonyl (C=O) groups is 1. The normalized spacial score (nSPS) is 17.6. The van der Waals surface area contributed by atoms with Crippen LogP contribution in [0.15, 0.2) is 36.5 Å². The zero-order chi connectivity index (χ0) is 14.1. The summed E-state index contributed by atoms with van der Waals surface area (Å²) in [6, 6.07) is 9.55. The molecule has 0 saturated carbocycles. The lowest BCUT2D eigenvalue weighted by Crippen LogP contribution is -2.35. The van der Waals surface area contributed by atoms with E-state index in [2.05, 4.69) is 16.4 Å². The van der Waals surface area contributed by atoms with Crippen molar-refractivity contribution in [2.75, 3.05) is 12.3 Å². The average Bonchev–Trinajstić information content (AvgIpc) is 2.46. The van der Waals surface area contributed by atoms with E-state index in [-0.39, 0.29) is 11.8 Å². The fourth-order valence-corrected chi connectivity index (χ4v) is 2.78. The van der Waals surface area contributed by atoms with Gasteiger partial charge < -0.3 is 11.1 Å². The number of benzene rings is 1. The van der Waals surface area contributed by atoms with Gasteiger partial charge >= 0.3 is 0 Å². The highest BCUT2D eigenvalue weighted by Crippen LogP contribution is 2.28. The fraction of sp³-hybridized carbons (Fsp3) is 0.250. The maximum absolute atomic E-state index is 12.8. The van der Waals surface area contributed by atoms with Gasteiger partial charge in [-0.15, -0.1) is 0 Å². The molecule has 2 heterocycles. The minimum atomic E-state index is -0.329. The number of rotatable bonds is 2. The van der Waals surface area contributed by atoms with Crippen LogP contribution in [0.5, 0.6) is 0 Å². The number of nitrogens with zero attached hydrogens (tertiary/aromatic N) is 1. The van der Waals surface area contributed by atoms with Gasteiger partial charge in [0, 0.05) is 12.7 Å². The molecule has 1 atom stereocenters. The first-order valence-corrected chi connectivity index (χ1v) is 6.75. The average molecular weight is 267 g/mol. The molecule has 0 amide bonds. The second kappa shape index (κ2) is 5.06. The van der Waals surface area contributed by atoms with Crippen molar-refractivity contribution in [1.29, 1.82) is 0 Å². The highest BCUT2D eigenvalue weighted by molar-refractivity contribution is 6.05. The summed E-state index contributed by atoms with van der Waals surface area (Å²) in [7, 11) is 0. The van der Waals surface area contributed by atoms with Gasteiger partial charge in [0.25, 0.3) is 0 Å². The molecule has 1 unspecified atom stereocenters. The highest BCUT2D eigenvalue weighted by atomic mass is 16.1. The maximum atomic E-state index is 12.8. The van der Waals surface area contributed by atoms with Crippen LogP contribution in [0.3, 0.4) is 0 Å². The number of nitrogens with one attached hydrogen (secondary N) is 1. The number of pyridine rings is 1. The van der Waals surface area contributed by atoms with Crippen LogP contribution in [-0.2, 0) is 6.42 Å². The maximum Gasteiger partial charge on any atom is 0.188 e. The van der Waals surface area contributed by atoms with E-state index in [1.807, 2.05) is 31.2 Å². The van der Waals surface area contributed by atoms with E-state index in [1.54, 1.807) is 6.20 Å². The summed E-state index contributed by atoms with van der Waals surface area (Å²) in [6.45, 7) is 2.69. The van der Waals surface area contributed by atoms with Crippen LogP contribution >= 0.6 is 0 Å². The van der Waals surface area contributed by atoms with Gasteiger partial charge in [0.05, 0.1) is 11.6 Å². The van der Waals surface area contributed by atoms with Crippen molar-refractivity contribution in [1.82, 2.24) is 10.3 Å².